The van der Waals surface area contributed by atoms with Crippen molar-refractivity contribution in [3.05, 3.63) is 22.5 Å². The lowest BCUT2D eigenvalue weighted by molar-refractivity contribution is 0.631. The third-order valence-electron chi connectivity index (χ3n) is 2.90. The molecule has 0 aromatic carbocycles. The second-order valence-corrected chi connectivity index (χ2v) is 5.96. The number of halogens is 3. The molecule has 0 unspecified atom stereocenters. The highest BCUT2D eigenvalue weighted by Gasteiger charge is 2.20. The van der Waals surface area contributed by atoms with Crippen molar-refractivity contribution in [3.63, 3.8) is 0 Å². The quantitative estimate of drug-likeness (QED) is 0.597. The molecule has 0 aliphatic carbocycles. The van der Waals surface area contributed by atoms with E-state index in [-0.39, 0.29) is 16.0 Å². The minimum absolute atomic E-state index is 0.0156. The molecule has 1 fully saturated rings. The van der Waals surface area contributed by atoms with Gasteiger partial charge in [0.25, 0.3) is 0 Å². The average Bonchev–Trinajstić information content (AvgIpc) is 2.44. The largest absolute Gasteiger partial charge is 0.354 e. The van der Waals surface area contributed by atoms with E-state index in [9.17, 15) is 4.39 Å². The normalized spacial score (nSPS) is 16.1. The van der Waals surface area contributed by atoms with E-state index in [4.69, 9.17) is 23.2 Å². The number of thioether (sulfide) groups is 1. The highest BCUT2D eigenvalue weighted by molar-refractivity contribution is 7.99. The maximum atomic E-state index is 14.0. The van der Waals surface area contributed by atoms with Gasteiger partial charge in [0.05, 0.1) is 5.39 Å². The maximum absolute atomic E-state index is 14.0. The molecule has 0 radical (unpaired) electrons. The minimum Gasteiger partial charge on any atom is -0.354 e. The Morgan fingerprint density at radius 2 is 1.95 bits per heavy atom. The molecule has 2 aromatic rings. The van der Waals surface area contributed by atoms with Crippen LogP contribution in [0.3, 0.4) is 0 Å². The molecule has 0 saturated carbocycles. The van der Waals surface area contributed by atoms with E-state index in [1.807, 2.05) is 11.8 Å². The molecule has 1 saturated heterocycles. The van der Waals surface area contributed by atoms with Crippen molar-refractivity contribution in [2.24, 2.45) is 0 Å². The van der Waals surface area contributed by atoms with E-state index in [0.29, 0.717) is 11.2 Å². The van der Waals surface area contributed by atoms with Crippen molar-refractivity contribution in [2.45, 2.75) is 0 Å². The van der Waals surface area contributed by atoms with Gasteiger partial charge in [0.2, 0.25) is 5.28 Å². The van der Waals surface area contributed by atoms with Crippen LogP contribution < -0.4 is 4.90 Å². The van der Waals surface area contributed by atoms with E-state index in [0.717, 1.165) is 24.6 Å². The second-order valence-electron chi connectivity index (χ2n) is 4.04. The number of pyridine rings is 1. The summed E-state index contributed by atoms with van der Waals surface area (Å²) in [6.45, 7) is 1.69. The lowest BCUT2D eigenvalue weighted by Crippen LogP contribution is -2.33. The van der Waals surface area contributed by atoms with Gasteiger partial charge in [0, 0.05) is 30.8 Å². The Morgan fingerprint density at radius 1 is 1.21 bits per heavy atom. The highest BCUT2D eigenvalue weighted by Crippen LogP contribution is 2.30. The molecule has 8 heteroatoms. The third kappa shape index (κ3) is 2.44. The molecular formula is C11H9Cl2FN4S. The maximum Gasteiger partial charge on any atom is 0.225 e. The summed E-state index contributed by atoms with van der Waals surface area (Å²) in [7, 11) is 0. The Hall–Kier alpha value is -0.850. The van der Waals surface area contributed by atoms with E-state index < -0.39 is 5.82 Å². The monoisotopic (exact) mass is 318 g/mol. The van der Waals surface area contributed by atoms with Crippen LogP contribution in [-0.2, 0) is 0 Å². The summed E-state index contributed by atoms with van der Waals surface area (Å²) >= 11 is 13.4. The van der Waals surface area contributed by atoms with Gasteiger partial charge in [-0.1, -0.05) is 11.6 Å². The van der Waals surface area contributed by atoms with E-state index in [1.165, 1.54) is 6.20 Å². The molecular weight excluding hydrogens is 310 g/mol. The van der Waals surface area contributed by atoms with Crippen LogP contribution in [0.25, 0.3) is 10.9 Å². The number of hydrogen-bond acceptors (Lipinski definition) is 5. The molecule has 0 atom stereocenters. The second kappa shape index (κ2) is 5.26. The lowest BCUT2D eigenvalue weighted by Gasteiger charge is -2.28. The van der Waals surface area contributed by atoms with Crippen molar-refractivity contribution in [3.8, 4) is 0 Å². The first-order chi connectivity index (χ1) is 9.16. The summed E-state index contributed by atoms with van der Waals surface area (Å²) in [5.41, 5.74) is 0.119. The van der Waals surface area contributed by atoms with Gasteiger partial charge in [-0.3, -0.25) is 0 Å². The Labute approximate surface area is 123 Å². The molecule has 4 nitrogen and oxygen atoms in total. The SMILES string of the molecule is Fc1c(Cl)ncc2c(N3CCSCC3)nc(Cl)nc12. The number of nitrogens with zero attached hydrogens (tertiary/aromatic N) is 4. The molecule has 0 N–H and O–H groups in total. The molecule has 0 amide bonds. The van der Waals surface area contributed by atoms with Crippen LogP contribution in [-0.4, -0.2) is 39.5 Å². The highest BCUT2D eigenvalue weighted by atomic mass is 35.5. The smallest absolute Gasteiger partial charge is 0.225 e. The number of hydrogen-bond donors (Lipinski definition) is 0. The van der Waals surface area contributed by atoms with Crippen LogP contribution in [0.2, 0.25) is 10.4 Å². The molecule has 100 valence electrons. The van der Waals surface area contributed by atoms with Gasteiger partial charge in [0.1, 0.15) is 11.3 Å². The van der Waals surface area contributed by atoms with Gasteiger partial charge in [-0.15, -0.1) is 0 Å². The minimum atomic E-state index is -0.656. The van der Waals surface area contributed by atoms with Gasteiger partial charge in [-0.2, -0.15) is 16.7 Å². The topological polar surface area (TPSA) is 41.9 Å². The van der Waals surface area contributed by atoms with Crippen molar-refractivity contribution in [2.75, 3.05) is 29.5 Å². The van der Waals surface area contributed by atoms with Crippen LogP contribution in [0.1, 0.15) is 0 Å². The van der Waals surface area contributed by atoms with E-state index in [2.05, 4.69) is 19.9 Å². The third-order valence-corrected chi connectivity index (χ3v) is 4.28. The van der Waals surface area contributed by atoms with Gasteiger partial charge in [-0.25, -0.2) is 14.4 Å². The Bertz CT molecular complexity index is 634. The molecule has 3 rings (SSSR count). The van der Waals surface area contributed by atoms with Crippen LogP contribution in [0.4, 0.5) is 10.2 Å². The van der Waals surface area contributed by atoms with Crippen LogP contribution in [0, 0.1) is 5.82 Å². The summed E-state index contributed by atoms with van der Waals surface area (Å²) < 4.78 is 14.0. The van der Waals surface area contributed by atoms with Crippen LogP contribution in [0.15, 0.2) is 6.20 Å². The molecule has 3 heterocycles. The molecule has 1 aliphatic rings. The van der Waals surface area contributed by atoms with Gasteiger partial charge < -0.3 is 4.90 Å². The van der Waals surface area contributed by atoms with Gasteiger partial charge in [0.15, 0.2) is 11.0 Å². The Kier molecular flexibility index (Phi) is 3.64. The molecule has 0 bridgehead atoms. The summed E-state index contributed by atoms with van der Waals surface area (Å²) in [6, 6.07) is 0. The van der Waals surface area contributed by atoms with Crippen molar-refractivity contribution in [1.29, 1.82) is 0 Å². The summed E-state index contributed by atoms with van der Waals surface area (Å²) in [5.74, 6) is 1.98. The van der Waals surface area contributed by atoms with Gasteiger partial charge >= 0.3 is 0 Å². The fourth-order valence-corrected chi connectivity index (χ4v) is 3.21. The molecule has 2 aromatic heterocycles. The van der Waals surface area contributed by atoms with E-state index >= 15 is 0 Å². The van der Waals surface area contributed by atoms with Crippen LogP contribution >= 0.6 is 35.0 Å². The zero-order chi connectivity index (χ0) is 13.4. The number of rotatable bonds is 1. The number of anilines is 1. The first-order valence-electron chi connectivity index (χ1n) is 5.67. The molecule has 0 spiro atoms. The standard InChI is InChI=1S/C11H9Cl2FN4S/c12-9-7(14)8-6(5-15-9)10(17-11(13)16-8)18-1-3-19-4-2-18/h5H,1-4H2. The summed E-state index contributed by atoms with van der Waals surface area (Å²) in [4.78, 5) is 14.0. The predicted molar refractivity (Wildman–Crippen MR) is 76.8 cm³/mol. The zero-order valence-corrected chi connectivity index (χ0v) is 12.1. The fourth-order valence-electron chi connectivity index (χ4n) is 2.01. The lowest BCUT2D eigenvalue weighted by atomic mass is 10.2. The predicted octanol–water partition coefficient (Wildman–Crippen LogP) is 3.02. The number of aromatic nitrogens is 3. The number of fused-ring (bicyclic) bond motifs is 1. The first kappa shape index (κ1) is 13.1. The van der Waals surface area contributed by atoms with Crippen molar-refractivity contribution < 1.29 is 4.39 Å². The Balaban J connectivity index is 2.20. The zero-order valence-electron chi connectivity index (χ0n) is 9.74. The fraction of sp³-hybridized carbons (Fsp3) is 0.364. The van der Waals surface area contributed by atoms with Gasteiger partial charge in [-0.05, 0) is 11.6 Å². The summed E-state index contributed by atoms with van der Waals surface area (Å²) in [6.07, 6.45) is 1.49. The first-order valence-corrected chi connectivity index (χ1v) is 7.58. The van der Waals surface area contributed by atoms with Crippen molar-refractivity contribution >= 4 is 51.7 Å². The summed E-state index contributed by atoms with van der Waals surface area (Å²) in [5, 5.41) is 0.350. The average molecular weight is 319 g/mol. The Morgan fingerprint density at radius 3 is 2.68 bits per heavy atom. The van der Waals surface area contributed by atoms with E-state index in [1.54, 1.807) is 0 Å². The molecule has 1 aliphatic heterocycles. The van der Waals surface area contributed by atoms with Crippen LogP contribution in [0.5, 0.6) is 0 Å². The van der Waals surface area contributed by atoms with Crippen molar-refractivity contribution in [1.82, 2.24) is 15.0 Å². The molecule has 19 heavy (non-hydrogen) atoms.